The van der Waals surface area contributed by atoms with Crippen molar-refractivity contribution >= 4 is 101 Å². The number of anilines is 6. The third-order valence-corrected chi connectivity index (χ3v) is 29.8. The van der Waals surface area contributed by atoms with Crippen molar-refractivity contribution in [3.63, 3.8) is 0 Å². The molecule has 0 N–H and O–H groups in total. The van der Waals surface area contributed by atoms with Gasteiger partial charge in [-0.05, 0) is 290 Å². The van der Waals surface area contributed by atoms with Crippen molar-refractivity contribution < 1.29 is 0 Å². The third kappa shape index (κ3) is 17.7. The van der Waals surface area contributed by atoms with Gasteiger partial charge in [0.1, 0.15) is 0 Å². The van der Waals surface area contributed by atoms with Crippen LogP contribution in [-0.2, 0) is 70.4 Å². The van der Waals surface area contributed by atoms with Gasteiger partial charge in [-0.15, -0.1) is 0 Å². The van der Waals surface area contributed by atoms with Gasteiger partial charge < -0.3 is 18.9 Å². The normalized spacial score (nSPS) is 14.1. The SMILES string of the molecule is CC(C)(C)c1cc(-c2ccc(-c3cc(C(C)(C)C)cc(C(C)(C)C)c3)c(N3c4cc(-n5c6ccc(C(C)(C)C)cc6c6cc(C(C)(C)C)ccc65)ccc4B4c5ccc(-n6c7ccc(C(C)(C)C)cc7c7cc(C(C)(C)C)ccc76)cc5N(c5cc(-c6cc(C(C)(C)C)cc(C(C)(C)C)c6)ccc5-c5cc(C(C)(C)C)cc(C(C)(C)C)c5)c5cc(C(C)(C)C)cc3c54)c2)cc(C(C)(C)C)c1. The Morgan fingerprint density at radius 1 is 0.163 bits per heavy atom. The molecule has 13 aromatic carbocycles. The number of fused-ring (bicyclic) bond motifs is 10. The smallest absolute Gasteiger partial charge is 0.252 e. The van der Waals surface area contributed by atoms with E-state index in [1.807, 2.05) is 0 Å². The van der Waals surface area contributed by atoms with E-state index in [2.05, 4.69) is 519 Å². The molecule has 5 heteroatoms. The van der Waals surface area contributed by atoms with Crippen LogP contribution in [0.5, 0.6) is 0 Å². The summed E-state index contributed by atoms with van der Waals surface area (Å²) >= 11 is 0. The predicted octanol–water partition coefficient (Wildman–Crippen LogP) is 35.5. The third-order valence-electron chi connectivity index (χ3n) is 29.8. The lowest BCUT2D eigenvalue weighted by atomic mass is 9.33. The van der Waals surface area contributed by atoms with Gasteiger partial charge in [0, 0.05) is 66.8 Å². The van der Waals surface area contributed by atoms with E-state index in [0.717, 1.165) is 34.1 Å². The molecule has 15 aromatic rings. The summed E-state index contributed by atoms with van der Waals surface area (Å²) in [7, 11) is 0. The van der Waals surface area contributed by atoms with Crippen molar-refractivity contribution in [3.05, 3.63) is 303 Å². The zero-order valence-electron chi connectivity index (χ0n) is 89.8. The summed E-state index contributed by atoms with van der Waals surface area (Å²) in [5.74, 6) is 0. The predicted molar refractivity (Wildman–Crippen MR) is 594 cm³/mol. The van der Waals surface area contributed by atoms with E-state index in [4.69, 9.17) is 0 Å². The second-order valence-corrected chi connectivity index (χ2v) is 54.0. The number of benzene rings is 13. The molecule has 0 radical (unpaired) electrons. The lowest BCUT2D eigenvalue weighted by Gasteiger charge is -2.46. The van der Waals surface area contributed by atoms with Crippen LogP contribution in [0.3, 0.4) is 0 Å². The first-order valence-electron chi connectivity index (χ1n) is 50.3. The Kier molecular flexibility index (Phi) is 22.6. The summed E-state index contributed by atoms with van der Waals surface area (Å²) in [6.07, 6.45) is 0. The maximum atomic E-state index is 2.81. The Morgan fingerprint density at radius 2 is 0.385 bits per heavy atom. The zero-order valence-corrected chi connectivity index (χ0v) is 89.8. The van der Waals surface area contributed by atoms with E-state index in [-0.39, 0.29) is 71.7 Å². The molecular weight excluding hydrogens is 1630 g/mol. The van der Waals surface area contributed by atoms with Crippen LogP contribution in [-0.4, -0.2) is 15.8 Å². The van der Waals surface area contributed by atoms with Crippen LogP contribution in [0.25, 0.3) is 99.5 Å². The molecule has 0 unspecified atom stereocenters. The summed E-state index contributed by atoms with van der Waals surface area (Å²) in [5.41, 5.74) is 42.2. The number of hydrogen-bond donors (Lipinski definition) is 0. The molecule has 0 amide bonds. The molecule has 0 atom stereocenters. The Hall–Kier alpha value is -10.9. The van der Waals surface area contributed by atoms with E-state index in [9.17, 15) is 0 Å². The van der Waals surface area contributed by atoms with Gasteiger partial charge in [-0.3, -0.25) is 0 Å². The van der Waals surface area contributed by atoms with Crippen molar-refractivity contribution in [1.82, 2.24) is 9.13 Å². The van der Waals surface area contributed by atoms with Crippen LogP contribution < -0.4 is 26.2 Å². The first-order valence-corrected chi connectivity index (χ1v) is 50.3. The highest BCUT2D eigenvalue weighted by molar-refractivity contribution is 7.00. The second kappa shape index (κ2) is 31.8. The van der Waals surface area contributed by atoms with Gasteiger partial charge in [0.15, 0.2) is 0 Å². The number of aromatic nitrogens is 2. The second-order valence-electron chi connectivity index (χ2n) is 54.0. The molecule has 0 bridgehead atoms. The molecule has 4 heterocycles. The molecule has 4 nitrogen and oxygen atoms in total. The first-order chi connectivity index (χ1) is 62.1. The minimum absolute atomic E-state index is 0.0858. The average Bonchev–Trinajstić information content (AvgIpc) is 1.23. The molecule has 0 fully saturated rings. The summed E-state index contributed by atoms with van der Waals surface area (Å²) in [6, 6.07) is 95.5. The molecule has 17 rings (SSSR count). The van der Waals surface area contributed by atoms with Crippen LogP contribution in [0.2, 0.25) is 0 Å². The van der Waals surface area contributed by atoms with E-state index < -0.39 is 5.41 Å². The van der Waals surface area contributed by atoms with Gasteiger partial charge in [0.05, 0.1) is 33.4 Å². The van der Waals surface area contributed by atoms with Crippen LogP contribution >= 0.6 is 0 Å². The molecule has 0 spiro atoms. The summed E-state index contributed by atoms with van der Waals surface area (Å²) in [5, 5.41) is 5.07. The summed E-state index contributed by atoms with van der Waals surface area (Å²) in [6.45, 7) is 92.7. The van der Waals surface area contributed by atoms with Crippen LogP contribution in [0.4, 0.5) is 34.1 Å². The Bertz CT molecular complexity index is 6600. The van der Waals surface area contributed by atoms with Gasteiger partial charge in [-0.25, -0.2) is 0 Å². The topological polar surface area (TPSA) is 16.3 Å². The summed E-state index contributed by atoms with van der Waals surface area (Å²) < 4.78 is 5.22. The molecule has 0 saturated heterocycles. The Labute approximate surface area is 813 Å². The molecule has 2 aromatic heterocycles. The fourth-order valence-corrected chi connectivity index (χ4v) is 20.6. The molecule has 135 heavy (non-hydrogen) atoms. The molecule has 0 saturated carbocycles. The Balaban J connectivity index is 1.10. The number of rotatable bonds is 8. The minimum atomic E-state index is -0.391. The van der Waals surface area contributed by atoms with E-state index in [1.54, 1.807) is 0 Å². The summed E-state index contributed by atoms with van der Waals surface area (Å²) in [4.78, 5) is 5.62. The minimum Gasteiger partial charge on any atom is -0.311 e. The average molecular weight is 1780 g/mol. The quantitative estimate of drug-likeness (QED) is 0.141. The first kappa shape index (κ1) is 95.8. The Morgan fingerprint density at radius 3 is 0.615 bits per heavy atom. The monoisotopic (exact) mass is 1780 g/mol. The van der Waals surface area contributed by atoms with Crippen molar-refractivity contribution in [1.29, 1.82) is 0 Å². The molecule has 2 aliphatic heterocycles. The van der Waals surface area contributed by atoms with Gasteiger partial charge in [0.25, 0.3) is 6.71 Å². The van der Waals surface area contributed by atoms with Crippen molar-refractivity contribution in [3.8, 4) is 55.9 Å². The van der Waals surface area contributed by atoms with Crippen molar-refractivity contribution in [2.75, 3.05) is 9.80 Å². The lowest BCUT2D eigenvalue weighted by molar-refractivity contribution is 0.568. The fourth-order valence-electron chi connectivity index (χ4n) is 20.6. The van der Waals surface area contributed by atoms with Crippen molar-refractivity contribution in [2.45, 2.75) is 340 Å². The molecule has 0 aliphatic carbocycles. The van der Waals surface area contributed by atoms with E-state index in [0.29, 0.717) is 0 Å². The fraction of sp³-hybridized carbons (Fsp3) is 0.400. The van der Waals surface area contributed by atoms with E-state index >= 15 is 0 Å². The maximum absolute atomic E-state index is 2.81. The van der Waals surface area contributed by atoms with E-state index in [1.165, 1.54) is 188 Å². The maximum Gasteiger partial charge on any atom is 0.252 e. The van der Waals surface area contributed by atoms with Gasteiger partial charge in [-0.2, -0.15) is 0 Å². The van der Waals surface area contributed by atoms with Crippen LogP contribution in [0.15, 0.2) is 231 Å². The standard InChI is InChI=1S/C130H155BN4/c1-118(2,3)84-42-52-107-101(70-84)102-71-85(119(4,5)6)43-53-108(102)132(107)97-46-50-105-113(76-97)134(111-64-78(80-56-88(122(13,14)15)66-89(57-80)123(16,17)18)40-48-99(111)82-60-92(126(25,26)27)68-93(61-82)127(28,29)30)115-74-96(130(37,38)39)75-116-117(115)131(105)106-51-47-98(133-109-54-44-86(120(7,8)9)72-103(109)104-73-87(121(10,11)12)45-55-110(104)133)77-114(106)135(116)112-65-79(81-58-90(124(19,20)21)67-91(59-81)125(22,23)24)41-49-100(112)83-62-94(128(31,32)33)69-95(63-83)129(34,35)36/h40-77H,1-39H3. The largest absolute Gasteiger partial charge is 0.311 e. The molecular formula is C130H155BN4. The highest BCUT2D eigenvalue weighted by atomic mass is 15.2. The van der Waals surface area contributed by atoms with Gasteiger partial charge >= 0.3 is 0 Å². The molecule has 2 aliphatic rings. The number of nitrogens with zero attached hydrogens (tertiary/aromatic N) is 4. The highest BCUT2D eigenvalue weighted by Gasteiger charge is 2.47. The molecule has 698 valence electrons. The van der Waals surface area contributed by atoms with Crippen LogP contribution in [0, 0.1) is 0 Å². The number of hydrogen-bond acceptors (Lipinski definition) is 2. The van der Waals surface area contributed by atoms with Gasteiger partial charge in [-0.1, -0.05) is 403 Å². The highest BCUT2D eigenvalue weighted by Crippen LogP contribution is 2.55. The van der Waals surface area contributed by atoms with Crippen molar-refractivity contribution in [2.24, 2.45) is 0 Å². The lowest BCUT2D eigenvalue weighted by Crippen LogP contribution is -2.61. The van der Waals surface area contributed by atoms with Gasteiger partial charge in [0.2, 0.25) is 0 Å². The van der Waals surface area contributed by atoms with Crippen LogP contribution in [0.1, 0.15) is 342 Å². The zero-order chi connectivity index (χ0) is 98.4.